The van der Waals surface area contributed by atoms with Crippen molar-refractivity contribution < 1.29 is 14.1 Å². The summed E-state index contributed by atoms with van der Waals surface area (Å²) in [4.78, 5) is 43.5. The Morgan fingerprint density at radius 1 is 1.45 bits per heavy atom. The summed E-state index contributed by atoms with van der Waals surface area (Å²) in [6, 6.07) is 3.16. The molecule has 0 saturated carbocycles. The molecule has 0 spiro atoms. The molecule has 29 heavy (non-hydrogen) atoms. The number of H-pyrrole nitrogens is 1. The number of nitro benzene ring substituents is 1. The first-order valence-corrected chi connectivity index (χ1v) is 10.4. The van der Waals surface area contributed by atoms with Crippen LogP contribution in [0.15, 0.2) is 23.0 Å². The van der Waals surface area contributed by atoms with Gasteiger partial charge in [-0.05, 0) is 38.5 Å². The van der Waals surface area contributed by atoms with E-state index in [0.29, 0.717) is 21.8 Å². The summed E-state index contributed by atoms with van der Waals surface area (Å²) in [5.41, 5.74) is 0.134. The lowest BCUT2D eigenvalue weighted by Crippen LogP contribution is -2.23. The lowest BCUT2D eigenvalue weighted by molar-refractivity contribution is -0.387. The first-order valence-electron chi connectivity index (χ1n) is 8.52. The minimum atomic E-state index is -0.972. The minimum Gasteiger partial charge on any atom is -0.325 e. The zero-order valence-electron chi connectivity index (χ0n) is 15.7. The lowest BCUT2D eigenvalue weighted by atomic mass is 10.2. The number of thiophene rings is 1. The summed E-state index contributed by atoms with van der Waals surface area (Å²) >= 11 is 2.70. The Morgan fingerprint density at radius 2 is 2.17 bits per heavy atom. The Hall–Kier alpha value is -2.79. The van der Waals surface area contributed by atoms with E-state index in [4.69, 9.17) is 0 Å². The average molecular weight is 436 g/mol. The zero-order chi connectivity index (χ0) is 21.3. The number of nitrogens with zero attached hydrogens (tertiary/aromatic N) is 2. The Balaban J connectivity index is 1.68. The molecule has 11 heteroatoms. The van der Waals surface area contributed by atoms with E-state index in [2.05, 4.69) is 15.3 Å². The van der Waals surface area contributed by atoms with Crippen LogP contribution in [0.5, 0.6) is 0 Å². The van der Waals surface area contributed by atoms with Crippen LogP contribution in [0, 0.1) is 29.8 Å². The number of aromatic amines is 1. The van der Waals surface area contributed by atoms with Crippen LogP contribution in [0.4, 0.5) is 15.8 Å². The highest BCUT2D eigenvalue weighted by molar-refractivity contribution is 7.99. The Bertz CT molecular complexity index is 1170. The first-order chi connectivity index (χ1) is 13.7. The van der Waals surface area contributed by atoms with Crippen LogP contribution < -0.4 is 10.9 Å². The number of fused-ring (bicyclic) bond motifs is 1. The predicted molar refractivity (Wildman–Crippen MR) is 112 cm³/mol. The van der Waals surface area contributed by atoms with E-state index in [-0.39, 0.29) is 11.2 Å². The summed E-state index contributed by atoms with van der Waals surface area (Å²) in [6.07, 6.45) is 0. The second-order valence-corrected chi connectivity index (χ2v) is 8.87. The Morgan fingerprint density at radius 3 is 2.86 bits per heavy atom. The molecule has 0 saturated heterocycles. The quantitative estimate of drug-likeness (QED) is 0.447. The van der Waals surface area contributed by atoms with Crippen LogP contribution >= 0.6 is 23.1 Å². The third-order valence-electron chi connectivity index (χ3n) is 4.34. The van der Waals surface area contributed by atoms with Gasteiger partial charge in [0, 0.05) is 16.6 Å². The van der Waals surface area contributed by atoms with Crippen molar-refractivity contribution in [2.45, 2.75) is 31.8 Å². The number of thioether (sulfide) groups is 1. The lowest BCUT2D eigenvalue weighted by Gasteiger charge is -2.12. The van der Waals surface area contributed by atoms with Gasteiger partial charge >= 0.3 is 5.69 Å². The topological polar surface area (TPSA) is 118 Å². The van der Waals surface area contributed by atoms with Crippen LogP contribution in [0.3, 0.4) is 0 Å². The third kappa shape index (κ3) is 4.46. The van der Waals surface area contributed by atoms with Crippen molar-refractivity contribution in [3.8, 4) is 0 Å². The molecule has 3 rings (SSSR count). The number of hydrogen-bond acceptors (Lipinski definition) is 7. The van der Waals surface area contributed by atoms with Gasteiger partial charge in [0.15, 0.2) is 0 Å². The highest BCUT2D eigenvalue weighted by atomic mass is 32.2. The second kappa shape index (κ2) is 8.29. The molecule has 0 aliphatic rings. The molecule has 1 unspecified atom stereocenters. The maximum Gasteiger partial charge on any atom is 0.306 e. The summed E-state index contributed by atoms with van der Waals surface area (Å²) in [5.74, 6) is -0.605. The maximum absolute atomic E-state index is 13.4. The number of rotatable bonds is 6. The number of carbonyl (C=O) groups is 1. The molecule has 0 aliphatic carbocycles. The Kier molecular flexibility index (Phi) is 5.99. The number of carbonyl (C=O) groups excluding carboxylic acids is 1. The normalized spacial score (nSPS) is 12.1. The van der Waals surface area contributed by atoms with Gasteiger partial charge in [-0.15, -0.1) is 23.1 Å². The fraction of sp³-hybridized carbons (Fsp3) is 0.278. The highest BCUT2D eigenvalue weighted by Crippen LogP contribution is 2.27. The predicted octanol–water partition coefficient (Wildman–Crippen LogP) is 3.91. The van der Waals surface area contributed by atoms with Crippen molar-refractivity contribution in [2.24, 2.45) is 0 Å². The second-order valence-electron chi connectivity index (χ2n) is 6.34. The fourth-order valence-corrected chi connectivity index (χ4v) is 4.43. The molecular formula is C18H17FN4O4S2. The van der Waals surface area contributed by atoms with E-state index in [0.717, 1.165) is 22.6 Å². The molecule has 2 N–H and O–H groups in total. The molecule has 0 aliphatic heterocycles. The molecular weight excluding hydrogens is 419 g/mol. The van der Waals surface area contributed by atoms with Crippen molar-refractivity contribution in [3.05, 3.63) is 60.7 Å². The van der Waals surface area contributed by atoms with E-state index >= 15 is 0 Å². The summed E-state index contributed by atoms with van der Waals surface area (Å²) in [5, 5.41) is 13.4. The van der Waals surface area contributed by atoms with E-state index in [9.17, 15) is 24.1 Å². The standard InChI is InChI=1S/C18H17FN4O4S2/c1-8-9(2)29-18-15(8)17(25)21-14(22-18)7-28-10(3)16(24)20-11-4-5-12(19)13(6-11)23(26)27/h4-6,10H,7H2,1-3H3,(H,20,24)(H,21,22,25). The number of aryl methyl sites for hydroxylation is 2. The molecule has 1 atom stereocenters. The smallest absolute Gasteiger partial charge is 0.306 e. The molecule has 152 valence electrons. The number of hydrogen-bond donors (Lipinski definition) is 2. The van der Waals surface area contributed by atoms with Crippen molar-refractivity contribution in [3.63, 3.8) is 0 Å². The molecule has 2 aromatic heterocycles. The van der Waals surface area contributed by atoms with Crippen molar-refractivity contribution in [1.82, 2.24) is 9.97 Å². The monoisotopic (exact) mass is 436 g/mol. The van der Waals surface area contributed by atoms with E-state index < -0.39 is 27.6 Å². The highest BCUT2D eigenvalue weighted by Gasteiger charge is 2.19. The number of nitrogens with one attached hydrogen (secondary N) is 2. The number of nitro groups is 1. The number of anilines is 1. The van der Waals surface area contributed by atoms with Gasteiger partial charge in [0.2, 0.25) is 11.7 Å². The van der Waals surface area contributed by atoms with Crippen LogP contribution in [0.25, 0.3) is 10.2 Å². The van der Waals surface area contributed by atoms with Crippen molar-refractivity contribution in [2.75, 3.05) is 5.32 Å². The number of aromatic nitrogens is 2. The largest absolute Gasteiger partial charge is 0.325 e. The van der Waals surface area contributed by atoms with Gasteiger partial charge in [0.25, 0.3) is 5.56 Å². The van der Waals surface area contributed by atoms with Gasteiger partial charge in [0.1, 0.15) is 10.7 Å². The van der Waals surface area contributed by atoms with Crippen LogP contribution in [-0.2, 0) is 10.5 Å². The van der Waals surface area contributed by atoms with E-state index in [1.54, 1.807) is 6.92 Å². The van der Waals surface area contributed by atoms with Crippen LogP contribution in [-0.4, -0.2) is 26.0 Å². The van der Waals surface area contributed by atoms with E-state index in [1.807, 2.05) is 13.8 Å². The third-order valence-corrected chi connectivity index (χ3v) is 6.59. The minimum absolute atomic E-state index is 0.132. The van der Waals surface area contributed by atoms with Gasteiger partial charge in [-0.2, -0.15) is 4.39 Å². The molecule has 8 nitrogen and oxygen atoms in total. The SMILES string of the molecule is Cc1sc2nc(CSC(C)C(=O)Nc3ccc(F)c([N+](=O)[O-])c3)[nH]c(=O)c2c1C. The summed E-state index contributed by atoms with van der Waals surface area (Å²) < 4.78 is 13.4. The van der Waals surface area contributed by atoms with Gasteiger partial charge in [-0.25, -0.2) is 4.98 Å². The van der Waals surface area contributed by atoms with Gasteiger partial charge < -0.3 is 10.3 Å². The molecule has 0 bridgehead atoms. The van der Waals surface area contributed by atoms with E-state index in [1.165, 1.54) is 29.2 Å². The molecule has 3 aromatic rings. The first kappa shape index (κ1) is 20.9. The maximum atomic E-state index is 13.4. The average Bonchev–Trinajstić information content (AvgIpc) is 2.95. The van der Waals surface area contributed by atoms with Crippen LogP contribution in [0.2, 0.25) is 0 Å². The molecule has 2 heterocycles. The molecule has 1 amide bonds. The van der Waals surface area contributed by atoms with Gasteiger partial charge in [0.05, 0.1) is 21.3 Å². The summed E-state index contributed by atoms with van der Waals surface area (Å²) in [7, 11) is 0. The summed E-state index contributed by atoms with van der Waals surface area (Å²) in [6.45, 7) is 5.47. The number of halogens is 1. The molecule has 1 aromatic carbocycles. The van der Waals surface area contributed by atoms with Crippen molar-refractivity contribution >= 4 is 50.6 Å². The fourth-order valence-electron chi connectivity index (χ4n) is 2.62. The zero-order valence-corrected chi connectivity index (χ0v) is 17.4. The van der Waals surface area contributed by atoms with Crippen molar-refractivity contribution in [1.29, 1.82) is 0 Å². The van der Waals surface area contributed by atoms with Gasteiger partial charge in [-0.1, -0.05) is 0 Å². The Labute approximate surface area is 172 Å². The van der Waals surface area contributed by atoms with Gasteiger partial charge in [-0.3, -0.25) is 19.7 Å². The number of benzene rings is 1. The molecule has 0 fully saturated rings. The number of amides is 1. The molecule has 0 radical (unpaired) electrons. The van der Waals surface area contributed by atoms with Crippen LogP contribution in [0.1, 0.15) is 23.2 Å².